The van der Waals surface area contributed by atoms with Crippen molar-refractivity contribution in [1.82, 2.24) is 0 Å². The van der Waals surface area contributed by atoms with E-state index in [-0.39, 0.29) is 6.10 Å². The summed E-state index contributed by atoms with van der Waals surface area (Å²) in [6.07, 6.45) is 2.21. The molecule has 0 spiro atoms. The van der Waals surface area contributed by atoms with E-state index < -0.39 is 5.91 Å². The van der Waals surface area contributed by atoms with Crippen molar-refractivity contribution in [3.05, 3.63) is 28.8 Å². The van der Waals surface area contributed by atoms with E-state index in [1.807, 2.05) is 6.07 Å². The average Bonchev–Trinajstić information content (AvgIpc) is 2.28. The zero-order chi connectivity index (χ0) is 13.1. The molecule has 5 heteroatoms. The first kappa shape index (κ1) is 13.2. The van der Waals surface area contributed by atoms with E-state index in [9.17, 15) is 4.79 Å². The molecule has 1 aromatic rings. The van der Waals surface area contributed by atoms with Crippen LogP contribution >= 0.6 is 11.6 Å². The number of carbonyl (C=O) groups is 1. The van der Waals surface area contributed by atoms with Crippen LogP contribution in [0.15, 0.2) is 18.2 Å². The van der Waals surface area contributed by atoms with E-state index in [0.29, 0.717) is 16.6 Å². The number of amides is 1. The second kappa shape index (κ2) is 5.59. The summed E-state index contributed by atoms with van der Waals surface area (Å²) in [5, 5.41) is 3.78. The van der Waals surface area contributed by atoms with Crippen molar-refractivity contribution < 1.29 is 9.53 Å². The largest absolute Gasteiger partial charge is 0.382 e. The van der Waals surface area contributed by atoms with Crippen molar-refractivity contribution >= 4 is 23.2 Å². The Morgan fingerprint density at radius 2 is 2.33 bits per heavy atom. The molecular weight excluding hydrogens is 252 g/mol. The molecule has 0 aromatic heterocycles. The summed E-state index contributed by atoms with van der Waals surface area (Å²) < 4.78 is 5.49. The smallest absolute Gasteiger partial charge is 0.250 e. The van der Waals surface area contributed by atoms with Gasteiger partial charge in [0, 0.05) is 18.3 Å². The lowest BCUT2D eigenvalue weighted by molar-refractivity contribution is 0.0232. The molecule has 3 N–H and O–H groups in total. The van der Waals surface area contributed by atoms with E-state index in [4.69, 9.17) is 22.1 Å². The fourth-order valence-corrected chi connectivity index (χ4v) is 2.44. The zero-order valence-electron chi connectivity index (χ0n) is 10.3. The van der Waals surface area contributed by atoms with Gasteiger partial charge < -0.3 is 15.8 Å². The van der Waals surface area contributed by atoms with E-state index in [1.54, 1.807) is 12.1 Å². The lowest BCUT2D eigenvalue weighted by atomic mass is 10.0. The molecule has 2 rings (SSSR count). The molecule has 0 radical (unpaired) electrons. The van der Waals surface area contributed by atoms with Crippen molar-refractivity contribution in [2.24, 2.45) is 5.73 Å². The van der Waals surface area contributed by atoms with Crippen LogP contribution in [0.4, 0.5) is 5.69 Å². The minimum atomic E-state index is -0.508. The number of nitrogens with two attached hydrogens (primary N) is 1. The Hall–Kier alpha value is -1.26. The summed E-state index contributed by atoms with van der Waals surface area (Å²) in [5.74, 6) is -0.508. The van der Waals surface area contributed by atoms with Gasteiger partial charge in [0.05, 0.1) is 16.7 Å². The normalized spacial score (nSPS) is 23.7. The Kier molecular flexibility index (Phi) is 4.09. The summed E-state index contributed by atoms with van der Waals surface area (Å²) >= 11 is 6.01. The fraction of sp³-hybridized carbons (Fsp3) is 0.462. The number of carbonyl (C=O) groups excluding carboxylic acids is 1. The number of anilines is 1. The van der Waals surface area contributed by atoms with Gasteiger partial charge in [-0.05, 0) is 38.0 Å². The van der Waals surface area contributed by atoms with E-state index in [2.05, 4.69) is 12.2 Å². The number of ether oxygens (including phenoxy) is 1. The predicted molar refractivity (Wildman–Crippen MR) is 72.0 cm³/mol. The van der Waals surface area contributed by atoms with Crippen LogP contribution in [0, 0.1) is 0 Å². The molecule has 1 heterocycles. The summed E-state index contributed by atoms with van der Waals surface area (Å²) in [4.78, 5) is 11.1. The van der Waals surface area contributed by atoms with Crippen molar-refractivity contribution in [2.75, 3.05) is 11.9 Å². The standard InChI is InChI=1S/C13H17ClN2O2/c1-8-6-10(4-5-18-8)16-9-2-3-11(13(15)17)12(14)7-9/h2-3,7-8,10,16H,4-6H2,1H3,(H2,15,17). The van der Waals surface area contributed by atoms with Crippen LogP contribution < -0.4 is 11.1 Å². The molecule has 1 fully saturated rings. The third-order valence-corrected chi connectivity index (χ3v) is 3.40. The fourth-order valence-electron chi connectivity index (χ4n) is 2.17. The predicted octanol–water partition coefficient (Wildman–Crippen LogP) is 2.42. The summed E-state index contributed by atoms with van der Waals surface area (Å²) in [5.41, 5.74) is 6.46. The van der Waals surface area contributed by atoms with Gasteiger partial charge in [-0.3, -0.25) is 4.79 Å². The third-order valence-electron chi connectivity index (χ3n) is 3.09. The first-order chi connectivity index (χ1) is 8.56. The molecule has 0 bridgehead atoms. The van der Waals surface area contributed by atoms with Crippen molar-refractivity contribution in [3.63, 3.8) is 0 Å². The van der Waals surface area contributed by atoms with Gasteiger partial charge in [-0.2, -0.15) is 0 Å². The van der Waals surface area contributed by atoms with E-state index in [1.165, 1.54) is 0 Å². The molecule has 1 amide bonds. The first-order valence-corrected chi connectivity index (χ1v) is 6.41. The van der Waals surface area contributed by atoms with Gasteiger partial charge >= 0.3 is 0 Å². The maximum absolute atomic E-state index is 11.1. The number of hydrogen-bond donors (Lipinski definition) is 2. The third kappa shape index (κ3) is 3.15. The van der Waals surface area contributed by atoms with Crippen molar-refractivity contribution in [1.29, 1.82) is 0 Å². The van der Waals surface area contributed by atoms with Gasteiger partial charge in [0.25, 0.3) is 0 Å². The lowest BCUT2D eigenvalue weighted by Gasteiger charge is -2.28. The number of primary amides is 1. The molecule has 2 unspecified atom stereocenters. The van der Waals surface area contributed by atoms with Crippen LogP contribution in [0.2, 0.25) is 5.02 Å². The van der Waals surface area contributed by atoms with E-state index in [0.717, 1.165) is 25.1 Å². The van der Waals surface area contributed by atoms with Crippen LogP contribution in [-0.4, -0.2) is 24.7 Å². The minimum Gasteiger partial charge on any atom is -0.382 e. The molecule has 0 aliphatic carbocycles. The maximum Gasteiger partial charge on any atom is 0.250 e. The Balaban J connectivity index is 2.05. The molecule has 0 saturated carbocycles. The van der Waals surface area contributed by atoms with Gasteiger partial charge in [-0.15, -0.1) is 0 Å². The molecule has 1 aliphatic rings. The summed E-state index contributed by atoms with van der Waals surface area (Å²) in [6, 6.07) is 5.59. The molecule has 1 aliphatic heterocycles. The molecular formula is C13H17ClN2O2. The van der Waals surface area contributed by atoms with Gasteiger partial charge in [-0.25, -0.2) is 0 Å². The first-order valence-electron chi connectivity index (χ1n) is 6.03. The minimum absolute atomic E-state index is 0.275. The second-order valence-electron chi connectivity index (χ2n) is 4.61. The highest BCUT2D eigenvalue weighted by Gasteiger charge is 2.19. The van der Waals surface area contributed by atoms with Gasteiger partial charge in [0.2, 0.25) is 5.91 Å². The Morgan fingerprint density at radius 1 is 1.56 bits per heavy atom. The number of nitrogens with one attached hydrogen (secondary N) is 1. The van der Waals surface area contributed by atoms with Gasteiger partial charge in [-0.1, -0.05) is 11.6 Å². The molecule has 98 valence electrons. The van der Waals surface area contributed by atoms with Crippen molar-refractivity contribution in [3.8, 4) is 0 Å². The van der Waals surface area contributed by atoms with E-state index >= 15 is 0 Å². The molecule has 1 aromatic carbocycles. The van der Waals surface area contributed by atoms with Crippen LogP contribution in [-0.2, 0) is 4.74 Å². The van der Waals surface area contributed by atoms with Crippen LogP contribution in [0.3, 0.4) is 0 Å². The highest BCUT2D eigenvalue weighted by atomic mass is 35.5. The summed E-state index contributed by atoms with van der Waals surface area (Å²) in [7, 11) is 0. The lowest BCUT2D eigenvalue weighted by Crippen LogP contribution is -2.32. The molecule has 4 nitrogen and oxygen atoms in total. The van der Waals surface area contributed by atoms with Crippen LogP contribution in [0.25, 0.3) is 0 Å². The number of benzene rings is 1. The van der Waals surface area contributed by atoms with Gasteiger partial charge in [0.15, 0.2) is 0 Å². The zero-order valence-corrected chi connectivity index (χ0v) is 11.0. The number of halogens is 1. The Bertz CT molecular complexity index is 451. The van der Waals surface area contributed by atoms with Crippen LogP contribution in [0.5, 0.6) is 0 Å². The van der Waals surface area contributed by atoms with Crippen LogP contribution in [0.1, 0.15) is 30.1 Å². The van der Waals surface area contributed by atoms with Crippen molar-refractivity contribution in [2.45, 2.75) is 31.9 Å². The molecule has 2 atom stereocenters. The quantitative estimate of drug-likeness (QED) is 0.885. The Morgan fingerprint density at radius 3 is 2.94 bits per heavy atom. The number of hydrogen-bond acceptors (Lipinski definition) is 3. The highest BCUT2D eigenvalue weighted by Crippen LogP contribution is 2.23. The van der Waals surface area contributed by atoms with Gasteiger partial charge in [0.1, 0.15) is 0 Å². The SMILES string of the molecule is CC1CC(Nc2ccc(C(N)=O)c(Cl)c2)CCO1. The maximum atomic E-state index is 11.1. The highest BCUT2D eigenvalue weighted by molar-refractivity contribution is 6.34. The number of rotatable bonds is 3. The topological polar surface area (TPSA) is 64.3 Å². The monoisotopic (exact) mass is 268 g/mol. The summed E-state index contributed by atoms with van der Waals surface area (Å²) in [6.45, 7) is 2.84. The molecule has 18 heavy (non-hydrogen) atoms. The second-order valence-corrected chi connectivity index (χ2v) is 5.01. The molecule has 1 saturated heterocycles. The average molecular weight is 269 g/mol. The Labute approximate surface area is 111 Å².